The molecule has 3 unspecified atom stereocenters. The van der Waals surface area contributed by atoms with Crippen molar-refractivity contribution in [2.45, 2.75) is 71.3 Å². The Labute approximate surface area is 113 Å². The molecular weight excluding hydrogens is 218 g/mol. The Bertz CT molecular complexity index is 294. The van der Waals surface area contributed by atoms with E-state index in [1.165, 1.54) is 51.5 Å². The highest BCUT2D eigenvalue weighted by Gasteiger charge is 2.30. The summed E-state index contributed by atoms with van der Waals surface area (Å²) in [6.45, 7) is 5.59. The van der Waals surface area contributed by atoms with Gasteiger partial charge in [0.05, 0.1) is 0 Å². The monoisotopic (exact) mass is 247 g/mol. The van der Waals surface area contributed by atoms with Crippen molar-refractivity contribution >= 4 is 0 Å². The van der Waals surface area contributed by atoms with Crippen molar-refractivity contribution in [3.8, 4) is 11.8 Å². The third-order valence-electron chi connectivity index (χ3n) is 4.89. The van der Waals surface area contributed by atoms with Gasteiger partial charge in [-0.2, -0.15) is 0 Å². The molecule has 2 rings (SSSR count). The average Bonchev–Trinajstić information content (AvgIpc) is 3.21. The minimum atomic E-state index is 0.866. The third-order valence-corrected chi connectivity index (χ3v) is 4.89. The Morgan fingerprint density at radius 3 is 2.61 bits per heavy atom. The molecule has 18 heavy (non-hydrogen) atoms. The maximum Gasteiger partial charge on any atom is 0.00913 e. The largest absolute Gasteiger partial charge is 0.314 e. The van der Waals surface area contributed by atoms with Crippen LogP contribution < -0.4 is 5.32 Å². The van der Waals surface area contributed by atoms with E-state index >= 15 is 0 Å². The average molecular weight is 247 g/mol. The van der Waals surface area contributed by atoms with Crippen LogP contribution in [0.3, 0.4) is 0 Å². The molecule has 0 saturated heterocycles. The molecule has 0 amide bonds. The van der Waals surface area contributed by atoms with E-state index in [4.69, 9.17) is 0 Å². The molecule has 0 radical (unpaired) electrons. The van der Waals surface area contributed by atoms with Crippen molar-refractivity contribution < 1.29 is 0 Å². The summed E-state index contributed by atoms with van der Waals surface area (Å²) in [5.74, 6) is 9.14. The maximum absolute atomic E-state index is 3.74. The molecule has 1 heteroatoms. The summed E-state index contributed by atoms with van der Waals surface area (Å²) in [5.41, 5.74) is 0. The highest BCUT2D eigenvalue weighted by molar-refractivity contribution is 4.96. The van der Waals surface area contributed by atoms with Gasteiger partial charge in [-0.3, -0.25) is 0 Å². The molecule has 102 valence electrons. The van der Waals surface area contributed by atoms with Crippen molar-refractivity contribution in [2.24, 2.45) is 17.8 Å². The van der Waals surface area contributed by atoms with Crippen LogP contribution in [-0.4, -0.2) is 12.6 Å². The van der Waals surface area contributed by atoms with Gasteiger partial charge in [-0.1, -0.05) is 19.8 Å². The second-order valence-electron chi connectivity index (χ2n) is 6.26. The van der Waals surface area contributed by atoms with E-state index in [9.17, 15) is 0 Å². The summed E-state index contributed by atoms with van der Waals surface area (Å²) in [6.07, 6.45) is 11.0. The standard InChI is InChI=1S/C17H29N/c1-3-5-6-7-15-12-14(4-2)8-9-16(15)13-18-17-10-11-17/h14-18H,4,6-13H2,1-2H3. The van der Waals surface area contributed by atoms with Gasteiger partial charge < -0.3 is 5.32 Å². The first kappa shape index (κ1) is 13.9. The molecule has 2 fully saturated rings. The zero-order chi connectivity index (χ0) is 12.8. The summed E-state index contributed by atoms with van der Waals surface area (Å²) in [4.78, 5) is 0. The minimum absolute atomic E-state index is 0.866. The molecule has 0 aromatic heterocycles. The van der Waals surface area contributed by atoms with Gasteiger partial charge >= 0.3 is 0 Å². The second-order valence-corrected chi connectivity index (χ2v) is 6.26. The highest BCUT2D eigenvalue weighted by atomic mass is 14.9. The molecule has 1 nitrogen and oxygen atoms in total. The molecule has 2 saturated carbocycles. The fraction of sp³-hybridized carbons (Fsp3) is 0.882. The first-order valence-corrected chi connectivity index (χ1v) is 7.96. The van der Waals surface area contributed by atoms with E-state index in [2.05, 4.69) is 24.1 Å². The van der Waals surface area contributed by atoms with Crippen LogP contribution in [0, 0.1) is 29.6 Å². The molecule has 1 N–H and O–H groups in total. The summed E-state index contributed by atoms with van der Waals surface area (Å²) < 4.78 is 0. The number of hydrogen-bond donors (Lipinski definition) is 1. The Balaban J connectivity index is 1.80. The second kappa shape index (κ2) is 7.19. The lowest BCUT2D eigenvalue weighted by molar-refractivity contribution is 0.164. The molecule has 2 aliphatic rings. The highest BCUT2D eigenvalue weighted by Crippen LogP contribution is 2.38. The van der Waals surface area contributed by atoms with Gasteiger partial charge in [0.15, 0.2) is 0 Å². The summed E-state index contributed by atoms with van der Waals surface area (Å²) in [7, 11) is 0. The smallest absolute Gasteiger partial charge is 0.00913 e. The van der Waals surface area contributed by atoms with Crippen LogP contribution in [-0.2, 0) is 0 Å². The minimum Gasteiger partial charge on any atom is -0.314 e. The molecule has 2 aliphatic carbocycles. The zero-order valence-corrected chi connectivity index (χ0v) is 12.2. The van der Waals surface area contributed by atoms with E-state index < -0.39 is 0 Å². The van der Waals surface area contributed by atoms with E-state index in [1.807, 2.05) is 6.92 Å². The van der Waals surface area contributed by atoms with Crippen LogP contribution in [0.25, 0.3) is 0 Å². The fourth-order valence-corrected chi connectivity index (χ4v) is 3.41. The maximum atomic E-state index is 3.74. The normalized spacial score (nSPS) is 31.8. The molecule has 0 aliphatic heterocycles. The molecule has 0 heterocycles. The topological polar surface area (TPSA) is 12.0 Å². The zero-order valence-electron chi connectivity index (χ0n) is 12.2. The molecule has 3 atom stereocenters. The third kappa shape index (κ3) is 4.32. The predicted molar refractivity (Wildman–Crippen MR) is 78.3 cm³/mol. The quantitative estimate of drug-likeness (QED) is 0.700. The Kier molecular flexibility index (Phi) is 5.57. The molecule has 0 aromatic carbocycles. The Morgan fingerprint density at radius 1 is 1.11 bits per heavy atom. The Morgan fingerprint density at radius 2 is 1.94 bits per heavy atom. The van der Waals surface area contributed by atoms with Crippen LogP contribution in [0.4, 0.5) is 0 Å². The van der Waals surface area contributed by atoms with Crippen molar-refractivity contribution in [3.05, 3.63) is 0 Å². The van der Waals surface area contributed by atoms with Gasteiger partial charge in [0.1, 0.15) is 0 Å². The number of hydrogen-bond acceptors (Lipinski definition) is 1. The van der Waals surface area contributed by atoms with Crippen LogP contribution in [0.5, 0.6) is 0 Å². The van der Waals surface area contributed by atoms with Crippen molar-refractivity contribution in [1.29, 1.82) is 0 Å². The SMILES string of the molecule is CC#CCCC1CC(CC)CCC1CNC1CC1. The van der Waals surface area contributed by atoms with Crippen LogP contribution in [0.2, 0.25) is 0 Å². The number of rotatable bonds is 6. The van der Waals surface area contributed by atoms with Gasteiger partial charge in [0.2, 0.25) is 0 Å². The van der Waals surface area contributed by atoms with Gasteiger partial charge in [0, 0.05) is 12.5 Å². The summed E-state index contributed by atoms with van der Waals surface area (Å²) in [5, 5.41) is 3.74. The van der Waals surface area contributed by atoms with Crippen LogP contribution in [0.15, 0.2) is 0 Å². The van der Waals surface area contributed by atoms with Crippen molar-refractivity contribution in [3.63, 3.8) is 0 Å². The lowest BCUT2D eigenvalue weighted by Crippen LogP contribution is -2.34. The lowest BCUT2D eigenvalue weighted by Gasteiger charge is -2.36. The van der Waals surface area contributed by atoms with Crippen LogP contribution in [0.1, 0.15) is 65.2 Å². The lowest BCUT2D eigenvalue weighted by atomic mass is 9.71. The number of nitrogens with one attached hydrogen (secondary N) is 1. The Hall–Kier alpha value is -0.480. The summed E-state index contributed by atoms with van der Waals surface area (Å²) >= 11 is 0. The van der Waals surface area contributed by atoms with E-state index in [-0.39, 0.29) is 0 Å². The molecule has 0 bridgehead atoms. The van der Waals surface area contributed by atoms with E-state index in [0.29, 0.717) is 0 Å². The van der Waals surface area contributed by atoms with Crippen LogP contribution >= 0.6 is 0 Å². The van der Waals surface area contributed by atoms with E-state index in [0.717, 1.165) is 30.2 Å². The molecular formula is C17H29N. The van der Waals surface area contributed by atoms with Gasteiger partial charge in [-0.25, -0.2) is 0 Å². The fourth-order valence-electron chi connectivity index (χ4n) is 3.41. The van der Waals surface area contributed by atoms with Gasteiger partial charge in [-0.15, -0.1) is 11.8 Å². The first-order valence-electron chi connectivity index (χ1n) is 7.96. The predicted octanol–water partition coefficient (Wildman–Crippen LogP) is 3.98. The van der Waals surface area contributed by atoms with Gasteiger partial charge in [0.25, 0.3) is 0 Å². The molecule has 0 spiro atoms. The van der Waals surface area contributed by atoms with Gasteiger partial charge in [-0.05, 0) is 63.3 Å². The summed E-state index contributed by atoms with van der Waals surface area (Å²) in [6, 6.07) is 0.866. The van der Waals surface area contributed by atoms with Crippen molar-refractivity contribution in [2.75, 3.05) is 6.54 Å². The van der Waals surface area contributed by atoms with Crippen molar-refractivity contribution in [1.82, 2.24) is 5.32 Å². The first-order chi connectivity index (χ1) is 8.83. The molecule has 0 aromatic rings. The van der Waals surface area contributed by atoms with E-state index in [1.54, 1.807) is 0 Å².